The quantitative estimate of drug-likeness (QED) is 0.754. The number of hydrogen-bond acceptors (Lipinski definition) is 3. The molecule has 5 N–H and O–H groups in total. The lowest BCUT2D eigenvalue weighted by atomic mass is 10.1. The summed E-state index contributed by atoms with van der Waals surface area (Å²) in [6, 6.07) is 6.94. The number of halogens is 2. The largest absolute Gasteiger partial charge is 0.396 e. The molecule has 20 heavy (non-hydrogen) atoms. The minimum atomic E-state index is -0.753. The average Bonchev–Trinajstić information content (AvgIpc) is 2.40. The standard InChI is InChI=1S/C14H13F2N3O/c1-7-5-6-9(15)13(11(7)16)19-10-4-2-3-8(12(10)17)14(18)20/h2-6,19H,17H2,1H3,(H2,18,20). The van der Waals surface area contributed by atoms with E-state index in [1.165, 1.54) is 31.2 Å². The molecular weight excluding hydrogens is 264 g/mol. The van der Waals surface area contributed by atoms with Crippen molar-refractivity contribution in [3.8, 4) is 0 Å². The van der Waals surface area contributed by atoms with Crippen LogP contribution in [-0.2, 0) is 0 Å². The molecule has 1 amide bonds. The number of para-hydroxylation sites is 1. The molecule has 0 fully saturated rings. The van der Waals surface area contributed by atoms with Crippen molar-refractivity contribution in [1.29, 1.82) is 0 Å². The van der Waals surface area contributed by atoms with E-state index in [2.05, 4.69) is 5.32 Å². The maximum atomic E-state index is 13.9. The first-order chi connectivity index (χ1) is 9.41. The number of benzene rings is 2. The molecule has 0 bridgehead atoms. The summed E-state index contributed by atoms with van der Waals surface area (Å²) in [5, 5.41) is 2.56. The lowest BCUT2D eigenvalue weighted by Gasteiger charge is -2.13. The van der Waals surface area contributed by atoms with Crippen LogP contribution < -0.4 is 16.8 Å². The van der Waals surface area contributed by atoms with Crippen molar-refractivity contribution in [3.05, 3.63) is 53.1 Å². The van der Waals surface area contributed by atoms with Crippen molar-refractivity contribution >= 4 is 23.0 Å². The van der Waals surface area contributed by atoms with Crippen molar-refractivity contribution in [2.24, 2.45) is 5.73 Å². The molecule has 0 spiro atoms. The van der Waals surface area contributed by atoms with Crippen LogP contribution in [0, 0.1) is 18.6 Å². The van der Waals surface area contributed by atoms with Crippen LogP contribution in [0.3, 0.4) is 0 Å². The Bertz CT molecular complexity index is 686. The minimum absolute atomic E-state index is 0.0420. The zero-order valence-electron chi connectivity index (χ0n) is 10.7. The predicted molar refractivity (Wildman–Crippen MR) is 73.8 cm³/mol. The Hall–Kier alpha value is -2.63. The molecule has 6 heteroatoms. The number of hydrogen-bond donors (Lipinski definition) is 3. The summed E-state index contributed by atoms with van der Waals surface area (Å²) in [4.78, 5) is 11.2. The molecule has 0 saturated heterocycles. The maximum Gasteiger partial charge on any atom is 0.250 e. The van der Waals surface area contributed by atoms with Crippen LogP contribution in [0.2, 0.25) is 0 Å². The molecule has 0 aromatic heterocycles. The van der Waals surface area contributed by atoms with Crippen molar-refractivity contribution < 1.29 is 13.6 Å². The van der Waals surface area contributed by atoms with Gasteiger partial charge in [0.25, 0.3) is 5.91 Å². The monoisotopic (exact) mass is 277 g/mol. The van der Waals surface area contributed by atoms with Gasteiger partial charge in [-0.05, 0) is 30.7 Å². The number of nitrogens with one attached hydrogen (secondary N) is 1. The molecule has 0 aliphatic rings. The van der Waals surface area contributed by atoms with Gasteiger partial charge in [0.2, 0.25) is 0 Å². The van der Waals surface area contributed by atoms with Gasteiger partial charge in [-0.2, -0.15) is 0 Å². The highest BCUT2D eigenvalue weighted by Crippen LogP contribution is 2.30. The van der Waals surface area contributed by atoms with E-state index in [0.29, 0.717) is 5.56 Å². The third kappa shape index (κ3) is 2.40. The van der Waals surface area contributed by atoms with E-state index >= 15 is 0 Å². The smallest absolute Gasteiger partial charge is 0.250 e. The number of amides is 1. The van der Waals surface area contributed by atoms with Gasteiger partial charge in [-0.25, -0.2) is 8.78 Å². The Morgan fingerprint density at radius 2 is 1.90 bits per heavy atom. The van der Waals surface area contributed by atoms with Crippen LogP contribution in [0.25, 0.3) is 0 Å². The summed E-state index contributed by atoms with van der Waals surface area (Å²) >= 11 is 0. The highest BCUT2D eigenvalue weighted by Gasteiger charge is 2.15. The molecule has 0 aliphatic carbocycles. The Morgan fingerprint density at radius 1 is 1.20 bits per heavy atom. The van der Waals surface area contributed by atoms with Gasteiger partial charge in [-0.3, -0.25) is 4.79 Å². The molecule has 4 nitrogen and oxygen atoms in total. The highest BCUT2D eigenvalue weighted by molar-refractivity contribution is 6.01. The summed E-state index contributed by atoms with van der Waals surface area (Å²) in [6.45, 7) is 1.52. The van der Waals surface area contributed by atoms with Crippen LogP contribution in [0.15, 0.2) is 30.3 Å². The van der Waals surface area contributed by atoms with Crippen LogP contribution >= 0.6 is 0 Å². The molecule has 2 aromatic carbocycles. The first-order valence-corrected chi connectivity index (χ1v) is 5.81. The van der Waals surface area contributed by atoms with Crippen molar-refractivity contribution in [1.82, 2.24) is 0 Å². The Morgan fingerprint density at radius 3 is 2.55 bits per heavy atom. The minimum Gasteiger partial charge on any atom is -0.396 e. The van der Waals surface area contributed by atoms with E-state index in [1.807, 2.05) is 0 Å². The fraction of sp³-hybridized carbons (Fsp3) is 0.0714. The van der Waals surface area contributed by atoms with Gasteiger partial charge in [-0.15, -0.1) is 0 Å². The molecule has 0 saturated carbocycles. The Labute approximate surface area is 114 Å². The molecule has 104 valence electrons. The lowest BCUT2D eigenvalue weighted by molar-refractivity contribution is 0.100. The third-order valence-electron chi connectivity index (χ3n) is 2.92. The fourth-order valence-electron chi connectivity index (χ4n) is 1.79. The summed E-state index contributed by atoms with van der Waals surface area (Å²) < 4.78 is 27.6. The molecule has 0 heterocycles. The molecule has 0 unspecified atom stereocenters. The van der Waals surface area contributed by atoms with Gasteiger partial charge in [0.05, 0.1) is 16.9 Å². The summed E-state index contributed by atoms with van der Waals surface area (Å²) in [5.74, 6) is -2.18. The van der Waals surface area contributed by atoms with E-state index in [-0.39, 0.29) is 22.6 Å². The van der Waals surface area contributed by atoms with Crippen LogP contribution in [0.5, 0.6) is 0 Å². The number of carbonyl (C=O) groups excluding carboxylic acids is 1. The first kappa shape index (κ1) is 13.8. The number of aryl methyl sites for hydroxylation is 1. The Kier molecular flexibility index (Phi) is 3.56. The van der Waals surface area contributed by atoms with E-state index in [9.17, 15) is 13.6 Å². The molecule has 2 rings (SSSR count). The van der Waals surface area contributed by atoms with Crippen molar-refractivity contribution in [2.75, 3.05) is 11.1 Å². The Balaban J connectivity index is 2.49. The van der Waals surface area contributed by atoms with Gasteiger partial charge in [0, 0.05) is 0 Å². The van der Waals surface area contributed by atoms with Crippen molar-refractivity contribution in [2.45, 2.75) is 6.92 Å². The highest BCUT2D eigenvalue weighted by atomic mass is 19.1. The zero-order chi connectivity index (χ0) is 14.9. The molecule has 0 atom stereocenters. The zero-order valence-corrected chi connectivity index (χ0v) is 10.7. The van der Waals surface area contributed by atoms with E-state index in [0.717, 1.165) is 6.07 Å². The first-order valence-electron chi connectivity index (χ1n) is 5.81. The van der Waals surface area contributed by atoms with Crippen LogP contribution in [-0.4, -0.2) is 5.91 Å². The summed E-state index contributed by atoms with van der Waals surface area (Å²) in [6.07, 6.45) is 0. The molecular formula is C14H13F2N3O. The van der Waals surface area contributed by atoms with Crippen molar-refractivity contribution in [3.63, 3.8) is 0 Å². The lowest BCUT2D eigenvalue weighted by Crippen LogP contribution is -2.14. The van der Waals surface area contributed by atoms with E-state index in [1.54, 1.807) is 0 Å². The number of carbonyl (C=O) groups is 1. The van der Waals surface area contributed by atoms with Gasteiger partial charge >= 0.3 is 0 Å². The predicted octanol–water partition coefficient (Wildman–Crippen LogP) is 2.70. The second kappa shape index (κ2) is 5.16. The molecule has 2 aromatic rings. The number of nitrogens with two attached hydrogens (primary N) is 2. The van der Waals surface area contributed by atoms with E-state index in [4.69, 9.17) is 11.5 Å². The maximum absolute atomic E-state index is 13.9. The summed E-state index contributed by atoms with van der Waals surface area (Å²) in [5.41, 5.74) is 11.2. The molecule has 0 radical (unpaired) electrons. The van der Waals surface area contributed by atoms with Gasteiger partial charge in [-0.1, -0.05) is 12.1 Å². The average molecular weight is 277 g/mol. The fourth-order valence-corrected chi connectivity index (χ4v) is 1.79. The van der Waals surface area contributed by atoms with E-state index < -0.39 is 17.5 Å². The second-order valence-electron chi connectivity index (χ2n) is 4.31. The number of anilines is 3. The number of rotatable bonds is 3. The summed E-state index contributed by atoms with van der Waals surface area (Å²) in [7, 11) is 0. The van der Waals surface area contributed by atoms with Gasteiger partial charge < -0.3 is 16.8 Å². The van der Waals surface area contributed by atoms with Gasteiger partial charge in [0.1, 0.15) is 11.5 Å². The number of nitrogen functional groups attached to an aromatic ring is 1. The SMILES string of the molecule is Cc1ccc(F)c(Nc2cccc(C(N)=O)c2N)c1F. The van der Waals surface area contributed by atoms with Crippen LogP contribution in [0.4, 0.5) is 25.8 Å². The normalized spacial score (nSPS) is 10.3. The molecule has 0 aliphatic heterocycles. The van der Waals surface area contributed by atoms with Crippen LogP contribution in [0.1, 0.15) is 15.9 Å². The number of primary amides is 1. The topological polar surface area (TPSA) is 81.1 Å². The second-order valence-corrected chi connectivity index (χ2v) is 4.31. The van der Waals surface area contributed by atoms with Gasteiger partial charge in [0.15, 0.2) is 5.82 Å². The third-order valence-corrected chi connectivity index (χ3v) is 2.92.